The maximum atomic E-state index is 5.55. The summed E-state index contributed by atoms with van der Waals surface area (Å²) in [7, 11) is 0. The molecule has 1 aromatic rings. The Balaban J connectivity index is 2.03. The third-order valence-corrected chi connectivity index (χ3v) is 2.14. The van der Waals surface area contributed by atoms with Crippen LogP contribution < -0.4 is 10.1 Å². The smallest absolute Gasteiger partial charge is 0.119 e. The van der Waals surface area contributed by atoms with Gasteiger partial charge in [-0.1, -0.05) is 19.1 Å². The van der Waals surface area contributed by atoms with Crippen LogP contribution in [0.4, 0.5) is 0 Å². The summed E-state index contributed by atoms with van der Waals surface area (Å²) in [6.07, 6.45) is 1.06. The van der Waals surface area contributed by atoms with Crippen molar-refractivity contribution in [2.45, 2.75) is 19.4 Å². The third-order valence-electron chi connectivity index (χ3n) is 2.14. The summed E-state index contributed by atoms with van der Waals surface area (Å²) >= 11 is 0. The lowest BCUT2D eigenvalue weighted by atomic mass is 10.1. The van der Waals surface area contributed by atoms with E-state index >= 15 is 0 Å². The van der Waals surface area contributed by atoms with E-state index in [2.05, 4.69) is 30.4 Å². The van der Waals surface area contributed by atoms with Crippen molar-refractivity contribution in [1.29, 1.82) is 0 Å². The van der Waals surface area contributed by atoms with Crippen molar-refractivity contribution in [3.63, 3.8) is 0 Å². The van der Waals surface area contributed by atoms with E-state index in [4.69, 9.17) is 4.74 Å². The van der Waals surface area contributed by atoms with E-state index in [0.29, 0.717) is 6.04 Å². The zero-order valence-electron chi connectivity index (χ0n) is 7.92. The van der Waals surface area contributed by atoms with Crippen LogP contribution in [0.15, 0.2) is 24.3 Å². The van der Waals surface area contributed by atoms with Gasteiger partial charge in [0.1, 0.15) is 5.75 Å². The molecule has 1 saturated heterocycles. The first-order valence-electron chi connectivity index (χ1n) is 4.86. The van der Waals surface area contributed by atoms with E-state index in [1.165, 1.54) is 5.56 Å². The maximum absolute atomic E-state index is 5.55. The van der Waals surface area contributed by atoms with Gasteiger partial charge in [-0.2, -0.15) is 0 Å². The van der Waals surface area contributed by atoms with Gasteiger partial charge in [-0.15, -0.1) is 0 Å². The van der Waals surface area contributed by atoms with Crippen molar-refractivity contribution in [2.75, 3.05) is 13.2 Å². The lowest BCUT2D eigenvalue weighted by Gasteiger charge is -2.05. The summed E-state index contributed by atoms with van der Waals surface area (Å²) in [4.78, 5) is 0. The highest BCUT2D eigenvalue weighted by molar-refractivity contribution is 5.32. The van der Waals surface area contributed by atoms with Gasteiger partial charge < -0.3 is 10.1 Å². The van der Waals surface area contributed by atoms with Crippen molar-refractivity contribution < 1.29 is 4.74 Å². The number of hydrogen-bond acceptors (Lipinski definition) is 2. The fourth-order valence-corrected chi connectivity index (χ4v) is 1.34. The first kappa shape index (κ1) is 8.57. The molecule has 1 heterocycles. The second kappa shape index (κ2) is 3.79. The Morgan fingerprint density at radius 3 is 3.08 bits per heavy atom. The fourth-order valence-electron chi connectivity index (χ4n) is 1.34. The molecule has 2 rings (SSSR count). The van der Waals surface area contributed by atoms with Gasteiger partial charge in [-0.25, -0.2) is 0 Å². The van der Waals surface area contributed by atoms with E-state index < -0.39 is 0 Å². The molecule has 1 N–H and O–H groups in total. The summed E-state index contributed by atoms with van der Waals surface area (Å²) < 4.78 is 5.55. The summed E-state index contributed by atoms with van der Waals surface area (Å²) in [5, 5.41) is 3.28. The largest absolute Gasteiger partial charge is 0.494 e. The Morgan fingerprint density at radius 2 is 2.38 bits per heavy atom. The summed E-state index contributed by atoms with van der Waals surface area (Å²) in [6, 6.07) is 8.91. The normalized spacial score (nSPS) is 19.9. The molecule has 1 aromatic carbocycles. The molecule has 0 bridgehead atoms. The molecule has 1 aliphatic heterocycles. The van der Waals surface area contributed by atoms with Gasteiger partial charge >= 0.3 is 0 Å². The van der Waals surface area contributed by atoms with Crippen LogP contribution in [0.5, 0.6) is 5.75 Å². The monoisotopic (exact) mass is 177 g/mol. The quantitative estimate of drug-likeness (QED) is 0.714. The Morgan fingerprint density at radius 1 is 1.54 bits per heavy atom. The van der Waals surface area contributed by atoms with Gasteiger partial charge in [-0.05, 0) is 24.1 Å². The molecule has 1 aliphatic rings. The highest BCUT2D eigenvalue weighted by Crippen LogP contribution is 2.24. The van der Waals surface area contributed by atoms with E-state index in [1.807, 2.05) is 6.07 Å². The zero-order chi connectivity index (χ0) is 9.10. The second-order valence-electron chi connectivity index (χ2n) is 3.38. The zero-order valence-corrected chi connectivity index (χ0v) is 7.92. The molecule has 70 valence electrons. The third kappa shape index (κ3) is 2.22. The van der Waals surface area contributed by atoms with Gasteiger partial charge in [0, 0.05) is 12.6 Å². The number of rotatable bonds is 4. The average molecular weight is 177 g/mol. The van der Waals surface area contributed by atoms with Gasteiger partial charge in [0.05, 0.1) is 6.61 Å². The molecule has 0 saturated carbocycles. The van der Waals surface area contributed by atoms with Gasteiger partial charge in [-0.3, -0.25) is 0 Å². The number of benzene rings is 1. The van der Waals surface area contributed by atoms with Crippen LogP contribution in [-0.2, 0) is 0 Å². The average Bonchev–Trinajstić information content (AvgIpc) is 2.98. The van der Waals surface area contributed by atoms with E-state index in [0.717, 1.165) is 25.3 Å². The minimum atomic E-state index is 0.574. The Hall–Kier alpha value is -1.02. The molecule has 0 amide bonds. The minimum Gasteiger partial charge on any atom is -0.494 e. The second-order valence-corrected chi connectivity index (χ2v) is 3.38. The predicted molar refractivity (Wildman–Crippen MR) is 53.0 cm³/mol. The molecule has 2 nitrogen and oxygen atoms in total. The van der Waals surface area contributed by atoms with Gasteiger partial charge in [0.25, 0.3) is 0 Å². The predicted octanol–water partition coefficient (Wildman–Crippen LogP) is 2.12. The maximum Gasteiger partial charge on any atom is 0.119 e. The van der Waals surface area contributed by atoms with Crippen molar-refractivity contribution in [2.24, 2.45) is 0 Å². The van der Waals surface area contributed by atoms with Crippen LogP contribution >= 0.6 is 0 Å². The van der Waals surface area contributed by atoms with Crippen molar-refractivity contribution in [1.82, 2.24) is 5.32 Å². The standard InChI is InChI=1S/C11H15NO/c1-2-6-13-10-5-3-4-9(7-10)11-8-12-11/h3-5,7,11-12H,2,6,8H2,1H3/t11-/m1/s1. The highest BCUT2D eigenvalue weighted by atomic mass is 16.5. The molecule has 0 unspecified atom stereocenters. The Labute approximate surface area is 78.9 Å². The lowest BCUT2D eigenvalue weighted by molar-refractivity contribution is 0.317. The molecule has 0 spiro atoms. The molecular weight excluding hydrogens is 162 g/mol. The molecular formula is C11H15NO. The lowest BCUT2D eigenvalue weighted by Crippen LogP contribution is -1.95. The minimum absolute atomic E-state index is 0.574. The molecule has 1 atom stereocenters. The van der Waals surface area contributed by atoms with E-state index in [-0.39, 0.29) is 0 Å². The molecule has 0 aromatic heterocycles. The molecule has 1 fully saturated rings. The Kier molecular flexibility index (Phi) is 2.50. The molecule has 13 heavy (non-hydrogen) atoms. The van der Waals surface area contributed by atoms with Crippen molar-refractivity contribution >= 4 is 0 Å². The Bertz CT molecular complexity index is 281. The number of ether oxygens (including phenoxy) is 1. The first-order chi connectivity index (χ1) is 6.40. The van der Waals surface area contributed by atoms with Crippen LogP contribution in [0, 0.1) is 0 Å². The van der Waals surface area contributed by atoms with Crippen LogP contribution in [-0.4, -0.2) is 13.2 Å². The first-order valence-corrected chi connectivity index (χ1v) is 4.86. The van der Waals surface area contributed by atoms with Crippen molar-refractivity contribution in [3.05, 3.63) is 29.8 Å². The van der Waals surface area contributed by atoms with Gasteiger partial charge in [0.15, 0.2) is 0 Å². The van der Waals surface area contributed by atoms with Gasteiger partial charge in [0.2, 0.25) is 0 Å². The van der Waals surface area contributed by atoms with E-state index in [1.54, 1.807) is 0 Å². The summed E-state index contributed by atoms with van der Waals surface area (Å²) in [5.74, 6) is 0.994. The van der Waals surface area contributed by atoms with E-state index in [9.17, 15) is 0 Å². The summed E-state index contributed by atoms with van der Waals surface area (Å²) in [6.45, 7) is 4.03. The van der Waals surface area contributed by atoms with Crippen molar-refractivity contribution in [3.8, 4) is 5.75 Å². The topological polar surface area (TPSA) is 31.2 Å². The number of hydrogen-bond donors (Lipinski definition) is 1. The summed E-state index contributed by atoms with van der Waals surface area (Å²) in [5.41, 5.74) is 1.34. The van der Waals surface area contributed by atoms with Crippen LogP contribution in [0.1, 0.15) is 24.9 Å². The molecule has 0 radical (unpaired) electrons. The van der Waals surface area contributed by atoms with Crippen LogP contribution in [0.3, 0.4) is 0 Å². The SMILES string of the molecule is CCCOc1cccc([C@H]2CN2)c1. The molecule has 0 aliphatic carbocycles. The molecule has 2 heteroatoms. The fraction of sp³-hybridized carbons (Fsp3) is 0.455. The highest BCUT2D eigenvalue weighted by Gasteiger charge is 2.22. The van der Waals surface area contributed by atoms with Crippen LogP contribution in [0.25, 0.3) is 0 Å². The number of nitrogens with one attached hydrogen (secondary N) is 1. The van der Waals surface area contributed by atoms with Crippen LogP contribution in [0.2, 0.25) is 0 Å².